The van der Waals surface area contributed by atoms with Crippen molar-refractivity contribution in [1.29, 1.82) is 0 Å². The van der Waals surface area contributed by atoms with Crippen LogP contribution in [-0.2, 0) is 25.9 Å². The Morgan fingerprint density at radius 1 is 0.824 bits per heavy atom. The molecule has 0 atom stereocenters. The van der Waals surface area contributed by atoms with E-state index in [0.717, 1.165) is 75.2 Å². The zero-order chi connectivity index (χ0) is 35.3. The number of aryl methyl sites for hydroxylation is 1. The minimum absolute atomic E-state index is 0.0249. The first-order chi connectivity index (χ1) is 25.1. The third-order valence-electron chi connectivity index (χ3n) is 10.3. The molecule has 2 aliphatic rings. The molecule has 0 unspecified atom stereocenters. The Kier molecular flexibility index (Phi) is 13.1. The highest BCUT2D eigenvalue weighted by Crippen LogP contribution is 2.35. The molecule has 1 aromatic heterocycles. The number of unbranched alkanes of at least 4 members (excludes halogenated alkanes) is 4. The van der Waals surface area contributed by atoms with Gasteiger partial charge in [0.15, 0.2) is 11.5 Å². The second-order valence-electron chi connectivity index (χ2n) is 13.8. The number of ether oxygens (including phenoxy) is 2. The molecule has 0 bridgehead atoms. The minimum atomic E-state index is -0.0249. The van der Waals surface area contributed by atoms with Gasteiger partial charge in [0.2, 0.25) is 0 Å². The zero-order valence-electron chi connectivity index (χ0n) is 30.6. The van der Waals surface area contributed by atoms with Gasteiger partial charge in [0.25, 0.3) is 0 Å². The van der Waals surface area contributed by atoms with Crippen LogP contribution in [0.5, 0.6) is 11.5 Å². The lowest BCUT2D eigenvalue weighted by Crippen LogP contribution is -2.46. The maximum atomic E-state index is 14.3. The predicted molar refractivity (Wildman–Crippen MR) is 209 cm³/mol. The Morgan fingerprint density at radius 2 is 1.59 bits per heavy atom. The Morgan fingerprint density at radius 3 is 2.35 bits per heavy atom. The molecule has 51 heavy (non-hydrogen) atoms. The largest absolute Gasteiger partial charge is 0.493 e. The van der Waals surface area contributed by atoms with E-state index in [0.29, 0.717) is 37.6 Å². The summed E-state index contributed by atoms with van der Waals surface area (Å²) in [5.41, 5.74) is 8.05. The summed E-state index contributed by atoms with van der Waals surface area (Å²) in [6, 6.07) is 27.1. The molecule has 8 heteroatoms. The number of hydrogen-bond acceptors (Lipinski definition) is 6. The number of urea groups is 1. The number of rotatable bonds is 16. The average molecular weight is 690 g/mol. The molecule has 3 aromatic carbocycles. The van der Waals surface area contributed by atoms with Gasteiger partial charge < -0.3 is 29.5 Å². The summed E-state index contributed by atoms with van der Waals surface area (Å²) in [6.07, 6.45) is 12.6. The SMILES string of the molecule is CCCCCCCN(CCc1cccc(OC)c1OCc1ccccn1)C(=O)Nc1cc(N2CCN(c3ccccc3)CC2)cc2c1CCCC2. The number of carbonyl (C=O) groups is 1. The number of pyridine rings is 1. The second kappa shape index (κ2) is 18.5. The summed E-state index contributed by atoms with van der Waals surface area (Å²) in [7, 11) is 1.67. The lowest BCUT2D eigenvalue weighted by molar-refractivity contribution is 0.210. The first-order valence-electron chi connectivity index (χ1n) is 19.1. The van der Waals surface area contributed by atoms with E-state index in [1.807, 2.05) is 35.2 Å². The summed E-state index contributed by atoms with van der Waals surface area (Å²) >= 11 is 0. The van der Waals surface area contributed by atoms with Gasteiger partial charge in [-0.3, -0.25) is 4.98 Å². The van der Waals surface area contributed by atoms with Crippen molar-refractivity contribution in [1.82, 2.24) is 9.88 Å². The number of nitrogens with zero attached hydrogens (tertiary/aromatic N) is 4. The van der Waals surface area contributed by atoms with Crippen LogP contribution in [0.3, 0.4) is 0 Å². The lowest BCUT2D eigenvalue weighted by Gasteiger charge is -2.38. The standard InChI is InChI=1S/C43H55N5O3/c1-3-4-5-6-14-25-48(26-23-34-17-15-22-41(50-2)42(34)51-33-36-18-12-13-24-44-36)43(49)45-40-32-38(31-35-16-10-11-21-39(35)40)47-29-27-46(28-30-47)37-19-8-7-9-20-37/h7-9,12-13,15,17-20,22,24,31-32H,3-6,10-11,14,16,21,23,25-30,33H2,1-2H3,(H,45,49). The van der Waals surface area contributed by atoms with Crippen LogP contribution in [0, 0.1) is 0 Å². The highest BCUT2D eigenvalue weighted by molar-refractivity contribution is 5.91. The fourth-order valence-electron chi connectivity index (χ4n) is 7.39. The van der Waals surface area contributed by atoms with Crippen LogP contribution in [0.25, 0.3) is 0 Å². The van der Waals surface area contributed by atoms with Gasteiger partial charge in [-0.05, 0) is 97.7 Å². The molecule has 2 amide bonds. The Bertz CT molecular complexity index is 1670. The Hall–Kier alpha value is -4.72. The highest BCUT2D eigenvalue weighted by Gasteiger charge is 2.24. The number of piperazine rings is 1. The predicted octanol–water partition coefficient (Wildman–Crippen LogP) is 8.92. The summed E-state index contributed by atoms with van der Waals surface area (Å²) in [6.45, 7) is 7.74. The third-order valence-corrected chi connectivity index (χ3v) is 10.3. The molecule has 1 fully saturated rings. The van der Waals surface area contributed by atoms with Crippen molar-refractivity contribution in [3.8, 4) is 11.5 Å². The normalized spacial score (nSPS) is 14.2. The smallest absolute Gasteiger partial charge is 0.321 e. The van der Waals surface area contributed by atoms with Crippen LogP contribution in [0.1, 0.15) is 74.3 Å². The number of benzene rings is 3. The van der Waals surface area contributed by atoms with Gasteiger partial charge in [-0.1, -0.05) is 69.0 Å². The summed E-state index contributed by atoms with van der Waals surface area (Å²) in [5.74, 6) is 1.40. The second-order valence-corrected chi connectivity index (χ2v) is 13.8. The molecule has 0 radical (unpaired) electrons. The molecule has 4 aromatic rings. The number of hydrogen-bond donors (Lipinski definition) is 1. The quantitative estimate of drug-likeness (QED) is 0.119. The number of fused-ring (bicyclic) bond motifs is 1. The van der Waals surface area contributed by atoms with Crippen molar-refractivity contribution in [2.24, 2.45) is 0 Å². The molecule has 6 rings (SSSR count). The molecule has 1 aliphatic carbocycles. The van der Waals surface area contributed by atoms with Crippen molar-refractivity contribution in [3.05, 3.63) is 107 Å². The van der Waals surface area contributed by atoms with Gasteiger partial charge in [-0.25, -0.2) is 4.79 Å². The third kappa shape index (κ3) is 9.75. The number of nitrogens with one attached hydrogen (secondary N) is 1. The van der Waals surface area contributed by atoms with Crippen molar-refractivity contribution in [2.45, 2.75) is 77.7 Å². The summed E-state index contributed by atoms with van der Waals surface area (Å²) in [4.78, 5) is 25.7. The van der Waals surface area contributed by atoms with Crippen molar-refractivity contribution in [3.63, 3.8) is 0 Å². The number of carbonyl (C=O) groups excluding carboxylic acids is 1. The highest BCUT2D eigenvalue weighted by atomic mass is 16.5. The van der Waals surface area contributed by atoms with Crippen LogP contribution in [-0.4, -0.2) is 62.3 Å². The zero-order valence-corrected chi connectivity index (χ0v) is 30.6. The molecule has 2 heterocycles. The number of aromatic nitrogens is 1. The fraction of sp³-hybridized carbons (Fsp3) is 0.442. The molecular formula is C43H55N5O3. The minimum Gasteiger partial charge on any atom is -0.493 e. The summed E-state index contributed by atoms with van der Waals surface area (Å²) < 4.78 is 12.0. The van der Waals surface area contributed by atoms with Gasteiger partial charge in [0.05, 0.1) is 12.8 Å². The van der Waals surface area contributed by atoms with E-state index in [4.69, 9.17) is 9.47 Å². The van der Waals surface area contributed by atoms with E-state index in [2.05, 4.69) is 75.6 Å². The van der Waals surface area contributed by atoms with Crippen molar-refractivity contribution in [2.75, 3.05) is 61.5 Å². The van der Waals surface area contributed by atoms with E-state index in [9.17, 15) is 4.79 Å². The van der Waals surface area contributed by atoms with Gasteiger partial charge in [0.1, 0.15) is 6.61 Å². The van der Waals surface area contributed by atoms with Gasteiger partial charge in [0, 0.05) is 62.5 Å². The number of para-hydroxylation sites is 2. The molecule has 270 valence electrons. The number of methoxy groups -OCH3 is 1. The van der Waals surface area contributed by atoms with E-state index in [1.54, 1.807) is 13.3 Å². The summed E-state index contributed by atoms with van der Waals surface area (Å²) in [5, 5.41) is 3.44. The number of anilines is 3. The van der Waals surface area contributed by atoms with Gasteiger partial charge in [-0.2, -0.15) is 0 Å². The van der Waals surface area contributed by atoms with E-state index in [1.165, 1.54) is 48.2 Å². The molecule has 0 spiro atoms. The molecule has 1 aliphatic heterocycles. The fourth-order valence-corrected chi connectivity index (χ4v) is 7.39. The molecule has 8 nitrogen and oxygen atoms in total. The maximum absolute atomic E-state index is 14.3. The van der Waals surface area contributed by atoms with Crippen molar-refractivity contribution >= 4 is 23.1 Å². The Labute approximate surface area is 304 Å². The average Bonchev–Trinajstić information content (AvgIpc) is 3.19. The molecular weight excluding hydrogens is 635 g/mol. The number of amides is 2. The first-order valence-corrected chi connectivity index (χ1v) is 19.1. The Balaban J connectivity index is 1.18. The van der Waals surface area contributed by atoms with Crippen LogP contribution < -0.4 is 24.6 Å². The topological polar surface area (TPSA) is 70.2 Å². The molecule has 1 N–H and O–H groups in total. The first kappa shape index (κ1) is 36.1. The van der Waals surface area contributed by atoms with Gasteiger partial charge >= 0.3 is 6.03 Å². The van der Waals surface area contributed by atoms with Crippen molar-refractivity contribution < 1.29 is 14.3 Å². The van der Waals surface area contributed by atoms with Crippen LogP contribution >= 0.6 is 0 Å². The van der Waals surface area contributed by atoms with Crippen LogP contribution in [0.4, 0.5) is 21.9 Å². The van der Waals surface area contributed by atoms with Crippen LogP contribution in [0.2, 0.25) is 0 Å². The van der Waals surface area contributed by atoms with Crippen LogP contribution in [0.15, 0.2) is 85.1 Å². The molecule has 0 saturated carbocycles. The lowest BCUT2D eigenvalue weighted by atomic mass is 9.89. The maximum Gasteiger partial charge on any atom is 0.321 e. The van der Waals surface area contributed by atoms with E-state index >= 15 is 0 Å². The van der Waals surface area contributed by atoms with E-state index < -0.39 is 0 Å². The monoisotopic (exact) mass is 689 g/mol. The van der Waals surface area contributed by atoms with Gasteiger partial charge in [-0.15, -0.1) is 0 Å². The molecule has 1 saturated heterocycles. The van der Waals surface area contributed by atoms with E-state index in [-0.39, 0.29) is 6.03 Å².